The molecule has 0 aliphatic heterocycles. The Bertz CT molecular complexity index is 728. The standard InChI is InChI=1S/C19H20N2O4/c20-12-15-8-4-5-9-16(15)18(23)17(22)10-11-21-19(24)25-13-14-6-2-1-3-7-14/h1-9,17-18,22-23H,10-11,13H2,(H,21,24). The summed E-state index contributed by atoms with van der Waals surface area (Å²) in [5, 5.41) is 31.8. The fourth-order valence-corrected chi connectivity index (χ4v) is 2.32. The molecule has 0 aromatic heterocycles. The number of aliphatic hydroxyl groups is 2. The minimum Gasteiger partial charge on any atom is -0.445 e. The third-order valence-corrected chi connectivity index (χ3v) is 3.69. The third kappa shape index (κ3) is 5.60. The van der Waals surface area contributed by atoms with Crippen molar-refractivity contribution in [3.8, 4) is 6.07 Å². The molecule has 2 unspecified atom stereocenters. The molecule has 3 N–H and O–H groups in total. The maximum atomic E-state index is 11.6. The van der Waals surface area contributed by atoms with Gasteiger partial charge in [-0.1, -0.05) is 48.5 Å². The predicted octanol–water partition coefficient (Wildman–Crippen LogP) is 2.27. The molecule has 130 valence electrons. The summed E-state index contributed by atoms with van der Waals surface area (Å²) >= 11 is 0. The van der Waals surface area contributed by atoms with Crippen molar-refractivity contribution in [1.29, 1.82) is 5.26 Å². The Kier molecular flexibility index (Phi) is 6.96. The molecule has 2 aromatic carbocycles. The molecule has 0 bridgehead atoms. The average Bonchev–Trinajstić information content (AvgIpc) is 2.66. The molecule has 1 amide bonds. The van der Waals surface area contributed by atoms with E-state index in [1.807, 2.05) is 36.4 Å². The van der Waals surface area contributed by atoms with Crippen LogP contribution in [0, 0.1) is 11.3 Å². The average molecular weight is 340 g/mol. The second-order valence-corrected chi connectivity index (χ2v) is 5.49. The number of nitrogens with zero attached hydrogens (tertiary/aromatic N) is 1. The van der Waals surface area contributed by atoms with Crippen LogP contribution in [-0.2, 0) is 11.3 Å². The van der Waals surface area contributed by atoms with Gasteiger partial charge >= 0.3 is 6.09 Å². The molecule has 0 heterocycles. The van der Waals surface area contributed by atoms with Gasteiger partial charge in [0.15, 0.2) is 0 Å². The van der Waals surface area contributed by atoms with Crippen molar-refractivity contribution in [1.82, 2.24) is 5.32 Å². The number of hydrogen-bond acceptors (Lipinski definition) is 5. The highest BCUT2D eigenvalue weighted by molar-refractivity contribution is 5.67. The first kappa shape index (κ1) is 18.5. The number of nitriles is 1. The maximum absolute atomic E-state index is 11.6. The van der Waals surface area contributed by atoms with Crippen molar-refractivity contribution in [2.45, 2.75) is 25.2 Å². The van der Waals surface area contributed by atoms with Crippen LogP contribution in [0.2, 0.25) is 0 Å². The van der Waals surface area contributed by atoms with Gasteiger partial charge in [-0.2, -0.15) is 5.26 Å². The van der Waals surface area contributed by atoms with Gasteiger partial charge < -0.3 is 20.3 Å². The molecule has 2 atom stereocenters. The smallest absolute Gasteiger partial charge is 0.407 e. The minimum absolute atomic E-state index is 0.126. The van der Waals surface area contributed by atoms with Crippen LogP contribution < -0.4 is 5.32 Å². The first-order valence-electron chi connectivity index (χ1n) is 7.91. The Morgan fingerprint density at radius 3 is 2.52 bits per heavy atom. The first-order chi connectivity index (χ1) is 12.1. The molecular weight excluding hydrogens is 320 g/mol. The molecule has 6 heteroatoms. The van der Waals surface area contributed by atoms with Crippen molar-refractivity contribution in [2.75, 3.05) is 6.54 Å². The quantitative estimate of drug-likeness (QED) is 0.717. The van der Waals surface area contributed by atoms with Crippen molar-refractivity contribution >= 4 is 6.09 Å². The van der Waals surface area contributed by atoms with Crippen LogP contribution in [0.3, 0.4) is 0 Å². The van der Waals surface area contributed by atoms with Gasteiger partial charge in [-0.3, -0.25) is 0 Å². The molecule has 0 aliphatic rings. The van der Waals surface area contributed by atoms with Crippen molar-refractivity contribution in [3.63, 3.8) is 0 Å². The number of nitrogens with one attached hydrogen (secondary N) is 1. The van der Waals surface area contributed by atoms with E-state index >= 15 is 0 Å². The lowest BCUT2D eigenvalue weighted by molar-refractivity contribution is 0.0135. The number of carbonyl (C=O) groups excluding carboxylic acids is 1. The van der Waals surface area contributed by atoms with Crippen molar-refractivity contribution < 1.29 is 19.7 Å². The van der Waals surface area contributed by atoms with Crippen molar-refractivity contribution in [2.24, 2.45) is 0 Å². The van der Waals surface area contributed by atoms with Gasteiger partial charge in [0.05, 0.1) is 17.7 Å². The molecule has 2 aromatic rings. The van der Waals surface area contributed by atoms with Gasteiger partial charge in [0, 0.05) is 12.1 Å². The monoisotopic (exact) mass is 340 g/mol. The molecule has 0 fully saturated rings. The van der Waals surface area contributed by atoms with E-state index in [1.165, 1.54) is 0 Å². The van der Waals surface area contributed by atoms with Crippen LogP contribution >= 0.6 is 0 Å². The van der Waals surface area contributed by atoms with Crippen LogP contribution in [0.1, 0.15) is 29.2 Å². The second kappa shape index (κ2) is 9.42. The molecule has 0 spiro atoms. The number of alkyl carbamates (subject to hydrolysis) is 1. The zero-order valence-electron chi connectivity index (χ0n) is 13.6. The molecule has 0 radical (unpaired) electrons. The summed E-state index contributed by atoms with van der Waals surface area (Å²) in [5.74, 6) is 0. The predicted molar refractivity (Wildman–Crippen MR) is 91.4 cm³/mol. The zero-order chi connectivity index (χ0) is 18.1. The van der Waals surface area contributed by atoms with Gasteiger partial charge in [-0.25, -0.2) is 4.79 Å². The Balaban J connectivity index is 1.75. The summed E-state index contributed by atoms with van der Waals surface area (Å²) in [4.78, 5) is 11.6. The number of ether oxygens (including phenoxy) is 1. The zero-order valence-corrected chi connectivity index (χ0v) is 13.6. The van der Waals surface area contributed by atoms with E-state index in [1.54, 1.807) is 24.3 Å². The number of benzene rings is 2. The van der Waals surface area contributed by atoms with E-state index < -0.39 is 18.3 Å². The highest BCUT2D eigenvalue weighted by atomic mass is 16.5. The third-order valence-electron chi connectivity index (χ3n) is 3.69. The number of carbonyl (C=O) groups is 1. The number of aliphatic hydroxyl groups excluding tert-OH is 2. The Labute approximate surface area is 146 Å². The molecule has 6 nitrogen and oxygen atoms in total. The van der Waals surface area contributed by atoms with Crippen LogP contribution in [0.4, 0.5) is 4.79 Å². The number of rotatable bonds is 7. The topological polar surface area (TPSA) is 103 Å². The number of hydrogen-bond donors (Lipinski definition) is 3. The molecule has 25 heavy (non-hydrogen) atoms. The number of amides is 1. The lowest BCUT2D eigenvalue weighted by Gasteiger charge is -2.19. The fourth-order valence-electron chi connectivity index (χ4n) is 2.32. The van der Waals surface area contributed by atoms with Crippen LogP contribution in [0.25, 0.3) is 0 Å². The van der Waals surface area contributed by atoms with E-state index in [0.717, 1.165) is 5.56 Å². The summed E-state index contributed by atoms with van der Waals surface area (Å²) in [5.41, 5.74) is 1.55. The van der Waals surface area contributed by atoms with E-state index in [2.05, 4.69) is 5.32 Å². The molecular formula is C19H20N2O4. The lowest BCUT2D eigenvalue weighted by Crippen LogP contribution is -2.30. The van der Waals surface area contributed by atoms with E-state index in [9.17, 15) is 15.0 Å². The SMILES string of the molecule is N#Cc1ccccc1C(O)C(O)CCNC(=O)OCc1ccccc1. The van der Waals surface area contributed by atoms with E-state index in [4.69, 9.17) is 10.00 Å². The van der Waals surface area contributed by atoms with Gasteiger partial charge in [-0.05, 0) is 18.1 Å². The molecule has 0 aliphatic carbocycles. The first-order valence-corrected chi connectivity index (χ1v) is 7.91. The van der Waals surface area contributed by atoms with Crippen LogP contribution in [0.15, 0.2) is 54.6 Å². The van der Waals surface area contributed by atoms with E-state index in [0.29, 0.717) is 11.1 Å². The summed E-state index contributed by atoms with van der Waals surface area (Å²) in [6.45, 7) is 0.300. The van der Waals surface area contributed by atoms with Crippen LogP contribution in [0.5, 0.6) is 0 Å². The summed E-state index contributed by atoms with van der Waals surface area (Å²) < 4.78 is 5.05. The van der Waals surface area contributed by atoms with Crippen molar-refractivity contribution in [3.05, 3.63) is 71.3 Å². The van der Waals surface area contributed by atoms with Gasteiger partial charge in [-0.15, -0.1) is 0 Å². The Morgan fingerprint density at radius 2 is 1.80 bits per heavy atom. The fraction of sp³-hybridized carbons (Fsp3) is 0.263. The molecule has 2 rings (SSSR count). The second-order valence-electron chi connectivity index (χ2n) is 5.49. The van der Waals surface area contributed by atoms with Gasteiger partial charge in [0.2, 0.25) is 0 Å². The molecule has 0 saturated heterocycles. The Morgan fingerprint density at radius 1 is 1.12 bits per heavy atom. The highest BCUT2D eigenvalue weighted by Crippen LogP contribution is 2.22. The normalized spacial score (nSPS) is 12.7. The molecule has 0 saturated carbocycles. The highest BCUT2D eigenvalue weighted by Gasteiger charge is 2.21. The summed E-state index contributed by atoms with van der Waals surface area (Å²) in [6.07, 6.45) is -2.77. The largest absolute Gasteiger partial charge is 0.445 e. The summed E-state index contributed by atoms with van der Waals surface area (Å²) in [7, 11) is 0. The summed E-state index contributed by atoms with van der Waals surface area (Å²) in [6, 6.07) is 17.8. The van der Waals surface area contributed by atoms with Gasteiger partial charge in [0.25, 0.3) is 0 Å². The van der Waals surface area contributed by atoms with Gasteiger partial charge in [0.1, 0.15) is 12.7 Å². The minimum atomic E-state index is -1.20. The van der Waals surface area contributed by atoms with E-state index in [-0.39, 0.29) is 19.6 Å². The lowest BCUT2D eigenvalue weighted by atomic mass is 9.98. The Hall–Kier alpha value is -2.88. The van der Waals surface area contributed by atoms with Crippen LogP contribution in [-0.4, -0.2) is 29.0 Å². The maximum Gasteiger partial charge on any atom is 0.407 e.